The molecule has 1 aromatic rings. The van der Waals surface area contributed by atoms with E-state index in [9.17, 15) is 0 Å². The Kier molecular flexibility index (Phi) is 14.9. The van der Waals surface area contributed by atoms with E-state index in [0.29, 0.717) is 0 Å². The summed E-state index contributed by atoms with van der Waals surface area (Å²) < 4.78 is 2.37. The molecule has 0 radical (unpaired) electrons. The number of rotatable bonds is 13. The smallest absolute Gasteiger partial charge is 0.178 e. The highest BCUT2D eigenvalue weighted by molar-refractivity contribution is 4.93. The number of hydrogen-bond acceptors (Lipinski definition) is 0. The molecule has 0 atom stereocenters. The number of pyridine rings is 1. The van der Waals surface area contributed by atoms with E-state index in [1.807, 2.05) is 0 Å². The highest BCUT2D eigenvalue weighted by Crippen LogP contribution is 2.11. The molecule has 0 saturated heterocycles. The highest BCUT2D eigenvalue weighted by atomic mass is 35.5. The molecule has 0 aliphatic rings. The van der Waals surface area contributed by atoms with Crippen molar-refractivity contribution >= 4 is 0 Å². The van der Waals surface area contributed by atoms with E-state index >= 15 is 0 Å². The van der Waals surface area contributed by atoms with Crippen LogP contribution in [0.5, 0.6) is 0 Å². The second kappa shape index (κ2) is 15.3. The van der Waals surface area contributed by atoms with Crippen LogP contribution in [0.1, 0.15) is 89.7 Å². The fourth-order valence-corrected chi connectivity index (χ4v) is 2.94. The molecule has 1 heterocycles. The third-order valence-electron chi connectivity index (χ3n) is 4.42. The molecule has 0 aliphatic carbocycles. The third-order valence-corrected chi connectivity index (χ3v) is 4.42. The van der Waals surface area contributed by atoms with Crippen molar-refractivity contribution in [3.63, 3.8) is 0 Å². The van der Waals surface area contributed by atoms with Crippen LogP contribution in [0.15, 0.2) is 24.4 Å². The van der Waals surface area contributed by atoms with Crippen LogP contribution in [-0.2, 0) is 6.54 Å². The summed E-state index contributed by atoms with van der Waals surface area (Å²) in [6.45, 7) is 5.67. The zero-order chi connectivity index (χ0) is 15.2. The normalized spacial score (nSPS) is 10.5. The van der Waals surface area contributed by atoms with Crippen LogP contribution in [0, 0.1) is 6.92 Å². The quantitative estimate of drug-likeness (QED) is 0.388. The number of aromatic nitrogens is 1. The van der Waals surface area contributed by atoms with Gasteiger partial charge in [-0.2, -0.15) is 0 Å². The Hall–Kier alpha value is -0.560. The van der Waals surface area contributed by atoms with Gasteiger partial charge in [-0.25, -0.2) is 4.57 Å². The number of hydrogen-bond donors (Lipinski definition) is 0. The molecule has 22 heavy (non-hydrogen) atoms. The topological polar surface area (TPSA) is 3.88 Å². The molecular weight excluding hydrogens is 290 g/mol. The lowest BCUT2D eigenvalue weighted by Gasteiger charge is -2.03. The molecule has 0 bridgehead atoms. The van der Waals surface area contributed by atoms with Crippen LogP contribution >= 0.6 is 0 Å². The second-order valence-electron chi connectivity index (χ2n) is 6.42. The van der Waals surface area contributed by atoms with Crippen LogP contribution in [0.3, 0.4) is 0 Å². The Morgan fingerprint density at radius 2 is 1.23 bits per heavy atom. The van der Waals surface area contributed by atoms with E-state index in [0.717, 1.165) is 0 Å². The molecule has 0 N–H and O–H groups in total. The molecule has 1 nitrogen and oxygen atoms in total. The fourth-order valence-electron chi connectivity index (χ4n) is 2.94. The summed E-state index contributed by atoms with van der Waals surface area (Å²) >= 11 is 0. The summed E-state index contributed by atoms with van der Waals surface area (Å²) in [7, 11) is 0. The zero-order valence-corrected chi connectivity index (χ0v) is 15.6. The molecule has 0 aromatic carbocycles. The SMILES string of the molecule is CCCCCCCCCCCCCC[n+]1ccccc1C.[Cl-]. The van der Waals surface area contributed by atoms with Crippen molar-refractivity contribution in [3.05, 3.63) is 30.1 Å². The van der Waals surface area contributed by atoms with Gasteiger partial charge in [0.1, 0.15) is 6.54 Å². The molecule has 2 heteroatoms. The van der Waals surface area contributed by atoms with Gasteiger partial charge in [-0.1, -0.05) is 77.2 Å². The van der Waals surface area contributed by atoms with Gasteiger partial charge in [0.25, 0.3) is 0 Å². The Morgan fingerprint density at radius 1 is 0.727 bits per heavy atom. The minimum atomic E-state index is 0. The van der Waals surface area contributed by atoms with E-state index in [1.165, 1.54) is 89.3 Å². The first-order valence-electron chi connectivity index (χ1n) is 9.29. The van der Waals surface area contributed by atoms with Gasteiger partial charge < -0.3 is 12.4 Å². The molecule has 0 amide bonds. The van der Waals surface area contributed by atoms with Crippen LogP contribution in [0.2, 0.25) is 0 Å². The van der Waals surface area contributed by atoms with Crippen LogP contribution < -0.4 is 17.0 Å². The summed E-state index contributed by atoms with van der Waals surface area (Å²) in [5, 5.41) is 0. The lowest BCUT2D eigenvalue weighted by molar-refractivity contribution is -0.703. The summed E-state index contributed by atoms with van der Waals surface area (Å²) in [4.78, 5) is 0. The first kappa shape index (κ1) is 21.4. The monoisotopic (exact) mass is 325 g/mol. The summed E-state index contributed by atoms with van der Waals surface area (Å²) in [6.07, 6.45) is 19.3. The molecule has 1 rings (SSSR count). The van der Waals surface area contributed by atoms with Gasteiger partial charge in [0.2, 0.25) is 0 Å². The average Bonchev–Trinajstić information content (AvgIpc) is 2.50. The van der Waals surface area contributed by atoms with Gasteiger partial charge in [0.05, 0.1) is 0 Å². The first-order valence-corrected chi connectivity index (χ1v) is 9.29. The minimum Gasteiger partial charge on any atom is -1.00 e. The maximum absolute atomic E-state index is 2.37. The number of unbranched alkanes of at least 4 members (excludes halogenated alkanes) is 11. The van der Waals surface area contributed by atoms with Crippen molar-refractivity contribution in [3.8, 4) is 0 Å². The minimum absolute atomic E-state index is 0. The summed E-state index contributed by atoms with van der Waals surface area (Å²) in [5.41, 5.74) is 1.38. The fraction of sp³-hybridized carbons (Fsp3) is 0.750. The lowest BCUT2D eigenvalue weighted by Crippen LogP contribution is -3.00. The van der Waals surface area contributed by atoms with E-state index < -0.39 is 0 Å². The molecule has 0 unspecified atom stereocenters. The highest BCUT2D eigenvalue weighted by Gasteiger charge is 2.03. The number of aryl methyl sites for hydroxylation is 2. The maximum atomic E-state index is 2.37. The third kappa shape index (κ3) is 11.1. The van der Waals surface area contributed by atoms with E-state index in [4.69, 9.17) is 0 Å². The van der Waals surface area contributed by atoms with Crippen molar-refractivity contribution in [2.75, 3.05) is 0 Å². The van der Waals surface area contributed by atoms with E-state index in [2.05, 4.69) is 42.8 Å². The Bertz CT molecular complexity index is 351. The molecular formula is C20H36ClN. The molecule has 0 spiro atoms. The van der Waals surface area contributed by atoms with Crippen molar-refractivity contribution in [1.29, 1.82) is 0 Å². The van der Waals surface area contributed by atoms with Crippen molar-refractivity contribution < 1.29 is 17.0 Å². The Labute approximate surface area is 144 Å². The summed E-state index contributed by atoms with van der Waals surface area (Å²) in [5.74, 6) is 0. The number of nitrogens with zero attached hydrogens (tertiary/aromatic N) is 1. The predicted octanol–water partition coefficient (Wildman–Crippen LogP) is 2.99. The Balaban J connectivity index is 0.00000441. The lowest BCUT2D eigenvalue weighted by atomic mass is 10.1. The van der Waals surface area contributed by atoms with Crippen molar-refractivity contribution in [2.24, 2.45) is 0 Å². The molecule has 1 aromatic heterocycles. The molecule has 0 aliphatic heterocycles. The standard InChI is InChI=1S/C20H36N.ClH/c1-3-4-5-6-7-8-9-10-11-12-13-15-18-21-19-16-14-17-20(21)2;/h14,16-17,19H,3-13,15,18H2,1-2H3;1H/q+1;/p-1. The van der Waals surface area contributed by atoms with E-state index in [1.54, 1.807) is 0 Å². The second-order valence-corrected chi connectivity index (χ2v) is 6.42. The van der Waals surface area contributed by atoms with Gasteiger partial charge in [0, 0.05) is 25.5 Å². The van der Waals surface area contributed by atoms with Crippen LogP contribution in [0.4, 0.5) is 0 Å². The van der Waals surface area contributed by atoms with Gasteiger partial charge in [-0.05, 0) is 6.42 Å². The average molecular weight is 326 g/mol. The maximum Gasteiger partial charge on any atom is 0.178 e. The number of halogens is 1. The van der Waals surface area contributed by atoms with Crippen LogP contribution in [-0.4, -0.2) is 0 Å². The van der Waals surface area contributed by atoms with E-state index in [-0.39, 0.29) is 12.4 Å². The van der Waals surface area contributed by atoms with Crippen molar-refractivity contribution in [2.45, 2.75) is 97.4 Å². The molecule has 0 saturated carbocycles. The van der Waals surface area contributed by atoms with Gasteiger partial charge >= 0.3 is 0 Å². The zero-order valence-electron chi connectivity index (χ0n) is 14.8. The first-order chi connectivity index (χ1) is 10.3. The molecule has 128 valence electrons. The summed E-state index contributed by atoms with van der Waals surface area (Å²) in [6, 6.07) is 6.45. The van der Waals surface area contributed by atoms with Gasteiger partial charge in [-0.3, -0.25) is 0 Å². The van der Waals surface area contributed by atoms with Gasteiger partial charge in [0.15, 0.2) is 11.9 Å². The molecule has 0 fully saturated rings. The Morgan fingerprint density at radius 3 is 1.73 bits per heavy atom. The largest absolute Gasteiger partial charge is 1.00 e. The van der Waals surface area contributed by atoms with Crippen molar-refractivity contribution in [1.82, 2.24) is 0 Å². The van der Waals surface area contributed by atoms with Gasteiger partial charge in [-0.15, -0.1) is 0 Å². The predicted molar refractivity (Wildman–Crippen MR) is 92.5 cm³/mol. The van der Waals surface area contributed by atoms with Crippen LogP contribution in [0.25, 0.3) is 0 Å².